The van der Waals surface area contributed by atoms with E-state index in [9.17, 15) is 9.18 Å². The van der Waals surface area contributed by atoms with Crippen LogP contribution >= 0.6 is 0 Å². The molecule has 1 aromatic carbocycles. The third-order valence-electron chi connectivity index (χ3n) is 2.11. The zero-order valence-corrected chi connectivity index (χ0v) is 10.5. The van der Waals surface area contributed by atoms with Gasteiger partial charge < -0.3 is 9.47 Å². The van der Waals surface area contributed by atoms with Crippen LogP contribution in [0, 0.1) is 5.82 Å². The number of halogens is 1. The molecule has 17 heavy (non-hydrogen) atoms. The van der Waals surface area contributed by atoms with Gasteiger partial charge in [0.15, 0.2) is 0 Å². The van der Waals surface area contributed by atoms with E-state index in [0.29, 0.717) is 12.2 Å². The number of ether oxygens (including phenoxy) is 2. The van der Waals surface area contributed by atoms with Crippen LogP contribution in [0.1, 0.15) is 36.7 Å². The highest BCUT2D eigenvalue weighted by molar-refractivity contribution is 5.89. The topological polar surface area (TPSA) is 35.5 Å². The Morgan fingerprint density at radius 1 is 1.35 bits per heavy atom. The Balaban J connectivity index is 2.79. The Morgan fingerprint density at radius 2 is 2.00 bits per heavy atom. The average Bonchev–Trinajstić information content (AvgIpc) is 2.24. The summed E-state index contributed by atoms with van der Waals surface area (Å²) in [7, 11) is 1.22. The summed E-state index contributed by atoms with van der Waals surface area (Å²) in [4.78, 5) is 11.2. The largest absolute Gasteiger partial charge is 0.465 e. The molecule has 0 unspecified atom stereocenters. The standard InChI is InChI=1S/C13H17FO3/c1-13(2,3)17-8-9-5-6-10(11(14)7-9)12(15)16-4/h5-7H,8H2,1-4H3. The lowest BCUT2D eigenvalue weighted by molar-refractivity contribution is -0.0150. The Bertz CT molecular complexity index is 408. The summed E-state index contributed by atoms with van der Waals surface area (Å²) in [6.45, 7) is 6.08. The van der Waals surface area contributed by atoms with E-state index in [4.69, 9.17) is 4.74 Å². The van der Waals surface area contributed by atoms with Gasteiger partial charge >= 0.3 is 5.97 Å². The second kappa shape index (κ2) is 5.27. The highest BCUT2D eigenvalue weighted by Gasteiger charge is 2.14. The van der Waals surface area contributed by atoms with Crippen LogP contribution in [-0.4, -0.2) is 18.7 Å². The zero-order valence-electron chi connectivity index (χ0n) is 10.5. The normalized spacial score (nSPS) is 11.4. The van der Waals surface area contributed by atoms with Crippen molar-refractivity contribution in [1.29, 1.82) is 0 Å². The molecule has 1 aromatic rings. The molecule has 0 N–H and O–H groups in total. The Kier molecular flexibility index (Phi) is 4.23. The van der Waals surface area contributed by atoms with E-state index in [0.717, 1.165) is 0 Å². The van der Waals surface area contributed by atoms with Crippen LogP contribution in [0.25, 0.3) is 0 Å². The van der Waals surface area contributed by atoms with Crippen molar-refractivity contribution in [3.8, 4) is 0 Å². The highest BCUT2D eigenvalue weighted by atomic mass is 19.1. The molecule has 0 aliphatic heterocycles. The Hall–Kier alpha value is -1.42. The molecule has 0 amide bonds. The zero-order chi connectivity index (χ0) is 13.1. The van der Waals surface area contributed by atoms with Gasteiger partial charge in [0, 0.05) is 0 Å². The second-order valence-electron chi connectivity index (χ2n) is 4.71. The van der Waals surface area contributed by atoms with Crippen molar-refractivity contribution in [3.05, 3.63) is 35.1 Å². The minimum atomic E-state index is -0.675. The lowest BCUT2D eigenvalue weighted by Crippen LogP contribution is -2.18. The quantitative estimate of drug-likeness (QED) is 0.762. The lowest BCUT2D eigenvalue weighted by atomic mass is 10.1. The minimum Gasteiger partial charge on any atom is -0.465 e. The fourth-order valence-electron chi connectivity index (χ4n) is 1.22. The molecule has 0 atom stereocenters. The van der Waals surface area contributed by atoms with Crippen molar-refractivity contribution in [2.75, 3.05) is 7.11 Å². The molecule has 0 aliphatic rings. The number of esters is 1. The maximum atomic E-state index is 13.6. The molecular formula is C13H17FO3. The van der Waals surface area contributed by atoms with E-state index in [-0.39, 0.29) is 11.2 Å². The molecule has 0 saturated heterocycles. The van der Waals surface area contributed by atoms with Crippen LogP contribution in [0.4, 0.5) is 4.39 Å². The van der Waals surface area contributed by atoms with E-state index in [2.05, 4.69) is 4.74 Å². The number of carbonyl (C=O) groups excluding carboxylic acids is 1. The van der Waals surface area contributed by atoms with Gasteiger partial charge in [-0.15, -0.1) is 0 Å². The molecule has 3 nitrogen and oxygen atoms in total. The number of hydrogen-bond acceptors (Lipinski definition) is 3. The van der Waals surface area contributed by atoms with Crippen LogP contribution in [0.3, 0.4) is 0 Å². The molecule has 0 aromatic heterocycles. The SMILES string of the molecule is COC(=O)c1ccc(COC(C)(C)C)cc1F. The summed E-state index contributed by atoms with van der Waals surface area (Å²) < 4.78 is 23.5. The second-order valence-corrected chi connectivity index (χ2v) is 4.71. The maximum absolute atomic E-state index is 13.6. The van der Waals surface area contributed by atoms with Gasteiger partial charge in [-0.2, -0.15) is 0 Å². The summed E-state index contributed by atoms with van der Waals surface area (Å²) in [5.74, 6) is -1.27. The average molecular weight is 240 g/mol. The summed E-state index contributed by atoms with van der Waals surface area (Å²) in [5.41, 5.74) is 0.342. The van der Waals surface area contributed by atoms with Crippen LogP contribution in [0.2, 0.25) is 0 Å². The summed E-state index contributed by atoms with van der Waals surface area (Å²) in [6.07, 6.45) is 0. The molecule has 0 saturated carbocycles. The van der Waals surface area contributed by atoms with Crippen molar-refractivity contribution in [1.82, 2.24) is 0 Å². The van der Waals surface area contributed by atoms with Gasteiger partial charge in [0.1, 0.15) is 5.82 Å². The van der Waals surface area contributed by atoms with Crippen molar-refractivity contribution >= 4 is 5.97 Å². The van der Waals surface area contributed by atoms with Gasteiger partial charge in [0.05, 0.1) is 24.9 Å². The minimum absolute atomic E-state index is 0.0630. The molecular weight excluding hydrogens is 223 g/mol. The van der Waals surface area contributed by atoms with E-state index in [1.165, 1.54) is 19.2 Å². The van der Waals surface area contributed by atoms with E-state index < -0.39 is 11.8 Å². The first-order valence-corrected chi connectivity index (χ1v) is 5.34. The molecule has 0 bridgehead atoms. The van der Waals surface area contributed by atoms with Gasteiger partial charge in [0.25, 0.3) is 0 Å². The number of carbonyl (C=O) groups is 1. The summed E-state index contributed by atoms with van der Waals surface area (Å²) in [6, 6.07) is 4.35. The molecule has 4 heteroatoms. The smallest absolute Gasteiger partial charge is 0.340 e. The fraction of sp³-hybridized carbons (Fsp3) is 0.462. The predicted octanol–water partition coefficient (Wildman–Crippen LogP) is 2.93. The third-order valence-corrected chi connectivity index (χ3v) is 2.11. The molecule has 0 aliphatic carbocycles. The Morgan fingerprint density at radius 3 is 2.47 bits per heavy atom. The van der Waals surface area contributed by atoms with Crippen molar-refractivity contribution in [3.63, 3.8) is 0 Å². The van der Waals surface area contributed by atoms with Crippen molar-refractivity contribution in [2.24, 2.45) is 0 Å². The first-order valence-electron chi connectivity index (χ1n) is 5.34. The molecule has 0 radical (unpaired) electrons. The summed E-state index contributed by atoms with van der Waals surface area (Å²) in [5, 5.41) is 0. The number of rotatable bonds is 3. The van der Waals surface area contributed by atoms with E-state index in [1.54, 1.807) is 6.07 Å². The van der Waals surface area contributed by atoms with Gasteiger partial charge in [-0.05, 0) is 38.5 Å². The third kappa shape index (κ3) is 4.15. The van der Waals surface area contributed by atoms with Crippen molar-refractivity contribution in [2.45, 2.75) is 33.0 Å². The van der Waals surface area contributed by atoms with Gasteiger partial charge in [0.2, 0.25) is 0 Å². The first kappa shape index (κ1) is 13.6. The van der Waals surface area contributed by atoms with E-state index >= 15 is 0 Å². The number of benzene rings is 1. The van der Waals surface area contributed by atoms with Crippen LogP contribution in [-0.2, 0) is 16.1 Å². The van der Waals surface area contributed by atoms with Gasteiger partial charge in [-0.25, -0.2) is 9.18 Å². The number of hydrogen-bond donors (Lipinski definition) is 0. The van der Waals surface area contributed by atoms with Gasteiger partial charge in [-0.3, -0.25) is 0 Å². The molecule has 0 fully saturated rings. The molecule has 0 heterocycles. The fourth-order valence-corrected chi connectivity index (χ4v) is 1.22. The molecule has 94 valence electrons. The van der Waals surface area contributed by atoms with Crippen LogP contribution in [0.15, 0.2) is 18.2 Å². The van der Waals surface area contributed by atoms with E-state index in [1.807, 2.05) is 20.8 Å². The van der Waals surface area contributed by atoms with Gasteiger partial charge in [-0.1, -0.05) is 6.07 Å². The van der Waals surface area contributed by atoms with Crippen LogP contribution < -0.4 is 0 Å². The van der Waals surface area contributed by atoms with Crippen LogP contribution in [0.5, 0.6) is 0 Å². The first-order chi connectivity index (χ1) is 7.83. The molecule has 1 rings (SSSR count). The molecule has 0 spiro atoms. The maximum Gasteiger partial charge on any atom is 0.340 e. The summed E-state index contributed by atoms with van der Waals surface area (Å²) >= 11 is 0. The number of methoxy groups -OCH3 is 1. The lowest BCUT2D eigenvalue weighted by Gasteiger charge is -2.19. The Labute approximate surface area is 101 Å². The highest BCUT2D eigenvalue weighted by Crippen LogP contribution is 2.15. The monoisotopic (exact) mass is 240 g/mol. The predicted molar refractivity (Wildman–Crippen MR) is 62.3 cm³/mol. The van der Waals surface area contributed by atoms with Crippen molar-refractivity contribution < 1.29 is 18.7 Å².